The van der Waals surface area contributed by atoms with Crippen molar-refractivity contribution in [2.75, 3.05) is 6.61 Å². The van der Waals surface area contributed by atoms with E-state index in [2.05, 4.69) is 29.7 Å². The predicted octanol–water partition coefficient (Wildman–Crippen LogP) is 0.625. The Bertz CT molecular complexity index is 398. The molecular weight excluding hydrogens is 454 g/mol. The molecule has 2 N–H and O–H groups in total. The molecule has 3 fully saturated rings. The number of hydrogen-bond donors (Lipinski definition) is 2. The van der Waals surface area contributed by atoms with Gasteiger partial charge >= 0.3 is 121 Å². The molecule has 6 nitrogen and oxygen atoms in total. The Morgan fingerprint density at radius 2 is 2.29 bits per heavy atom. The number of fused-ring (bicyclic) bond motifs is 1. The van der Waals surface area contributed by atoms with Crippen LogP contribution in [0.5, 0.6) is 0 Å². The van der Waals surface area contributed by atoms with Crippen LogP contribution in [-0.2, 0) is 19.1 Å². The molecule has 0 aliphatic carbocycles. The van der Waals surface area contributed by atoms with E-state index < -0.39 is 26.0 Å². The molecule has 3 saturated heterocycles. The van der Waals surface area contributed by atoms with Crippen LogP contribution in [0.15, 0.2) is 0 Å². The average molecular weight is 466 g/mol. The van der Waals surface area contributed by atoms with Crippen molar-refractivity contribution in [1.82, 2.24) is 7.06 Å². The SMILES string of the molecule is CC1(OC(=O)C(I)C23NI2N3)CCOC(=O)C1. The van der Waals surface area contributed by atoms with Crippen LogP contribution in [-0.4, -0.2) is 31.7 Å². The van der Waals surface area contributed by atoms with E-state index in [1.54, 1.807) is 6.92 Å². The molecule has 17 heavy (non-hydrogen) atoms. The topological polar surface area (TPSA) is 96.5 Å². The van der Waals surface area contributed by atoms with Gasteiger partial charge in [0.1, 0.15) is 0 Å². The second kappa shape index (κ2) is 3.90. The molecule has 8 heteroatoms. The van der Waals surface area contributed by atoms with E-state index in [-0.39, 0.29) is 26.0 Å². The van der Waals surface area contributed by atoms with Crippen LogP contribution in [0.3, 0.4) is 0 Å². The number of esters is 2. The van der Waals surface area contributed by atoms with Crippen LogP contribution in [0.1, 0.15) is 19.8 Å². The number of halogens is 2. The monoisotopic (exact) mass is 466 g/mol. The van der Waals surface area contributed by atoms with Gasteiger partial charge in [-0.25, -0.2) is 0 Å². The molecule has 2 unspecified atom stereocenters. The van der Waals surface area contributed by atoms with Crippen molar-refractivity contribution in [3.8, 4) is 0 Å². The standard InChI is InChI=1S/C9H12I2N2O4/c1-8(2-3-16-5(14)4-8)17-7(15)6(10)9-11(12-9)13-9/h6,12-13H,2-4H2,1H3. The summed E-state index contributed by atoms with van der Waals surface area (Å²) in [7, 11) is 0. The van der Waals surface area contributed by atoms with Crippen molar-refractivity contribution < 1.29 is 19.1 Å². The van der Waals surface area contributed by atoms with Gasteiger partial charge in [-0.3, -0.25) is 0 Å². The number of cyclic esters (lactones) is 1. The molecule has 0 saturated carbocycles. The first kappa shape index (κ1) is 12.4. The van der Waals surface area contributed by atoms with E-state index in [4.69, 9.17) is 9.47 Å². The molecule has 0 spiro atoms. The van der Waals surface area contributed by atoms with Crippen LogP contribution in [0, 0.1) is 0 Å². The predicted molar refractivity (Wildman–Crippen MR) is 75.5 cm³/mol. The van der Waals surface area contributed by atoms with Gasteiger partial charge in [-0.2, -0.15) is 0 Å². The van der Waals surface area contributed by atoms with Crippen LogP contribution < -0.4 is 7.06 Å². The van der Waals surface area contributed by atoms with E-state index in [1.807, 2.05) is 0 Å². The zero-order chi connectivity index (χ0) is 12.3. The van der Waals surface area contributed by atoms with Gasteiger partial charge in [0.25, 0.3) is 0 Å². The van der Waals surface area contributed by atoms with Gasteiger partial charge in [0.2, 0.25) is 0 Å². The Balaban J connectivity index is 1.61. The summed E-state index contributed by atoms with van der Waals surface area (Å²) in [5.41, 5.74) is -0.699. The Morgan fingerprint density at radius 1 is 1.65 bits per heavy atom. The zero-order valence-corrected chi connectivity index (χ0v) is 13.4. The van der Waals surface area contributed by atoms with E-state index >= 15 is 0 Å². The number of carbonyl (C=O) groups excluding carboxylic acids is 2. The summed E-state index contributed by atoms with van der Waals surface area (Å²) in [5, 5.41) is 0. The first-order valence-electron chi connectivity index (χ1n) is 5.23. The van der Waals surface area contributed by atoms with Gasteiger partial charge in [-0.1, -0.05) is 0 Å². The fourth-order valence-electron chi connectivity index (χ4n) is 1.80. The minimum atomic E-state index is -1.12. The Morgan fingerprint density at radius 3 is 2.82 bits per heavy atom. The average Bonchev–Trinajstić information content (AvgIpc) is 3.02. The minimum absolute atomic E-state index is 0.0763. The van der Waals surface area contributed by atoms with Crippen LogP contribution in [0.25, 0.3) is 0 Å². The molecule has 0 aromatic heterocycles. The number of nitrogens with one attached hydrogen (secondary N) is 2. The van der Waals surface area contributed by atoms with Gasteiger partial charge in [0.05, 0.1) is 0 Å². The third-order valence-electron chi connectivity index (χ3n) is 3.01. The number of hydrogen-bond acceptors (Lipinski definition) is 6. The van der Waals surface area contributed by atoms with Gasteiger partial charge < -0.3 is 0 Å². The molecule has 0 aromatic rings. The second-order valence-corrected chi connectivity index (χ2v) is 10.2. The maximum atomic E-state index is 12.0. The molecule has 3 aliphatic heterocycles. The van der Waals surface area contributed by atoms with Crippen molar-refractivity contribution in [3.63, 3.8) is 0 Å². The number of ether oxygens (including phenoxy) is 2. The van der Waals surface area contributed by atoms with Crippen molar-refractivity contribution in [3.05, 3.63) is 0 Å². The summed E-state index contributed by atoms with van der Waals surface area (Å²) in [6.07, 6.45) is 0.724. The molecule has 3 heterocycles. The van der Waals surface area contributed by atoms with E-state index in [0.717, 1.165) is 0 Å². The molecule has 96 valence electrons. The summed E-state index contributed by atoms with van der Waals surface area (Å²) < 4.78 is 16.7. The van der Waals surface area contributed by atoms with E-state index in [0.29, 0.717) is 13.0 Å². The Kier molecular flexibility index (Phi) is 2.84. The maximum absolute atomic E-state index is 12.0. The summed E-state index contributed by atoms with van der Waals surface area (Å²) >= 11 is 0.989. The normalized spacial score (nSPS) is 36.6. The molecule has 3 aliphatic rings. The Hall–Kier alpha value is 0.320. The number of rotatable bonds is 3. The molecule has 2 atom stereocenters. The molecule has 3 rings (SSSR count). The Labute approximate surface area is 120 Å². The van der Waals surface area contributed by atoms with Gasteiger partial charge in [-0.05, 0) is 0 Å². The molecule has 0 aromatic carbocycles. The fourth-order valence-corrected chi connectivity index (χ4v) is 9.17. The van der Waals surface area contributed by atoms with Crippen LogP contribution in [0.4, 0.5) is 0 Å². The van der Waals surface area contributed by atoms with E-state index in [9.17, 15) is 9.59 Å². The third-order valence-corrected chi connectivity index (χ3v) is 10.2. The fraction of sp³-hybridized carbons (Fsp3) is 0.778. The summed E-state index contributed by atoms with van der Waals surface area (Å²) in [6, 6.07) is 0. The first-order valence-corrected chi connectivity index (χ1v) is 9.71. The van der Waals surface area contributed by atoms with Crippen molar-refractivity contribution in [2.45, 2.75) is 33.0 Å². The van der Waals surface area contributed by atoms with Gasteiger partial charge in [0, 0.05) is 0 Å². The summed E-state index contributed by atoms with van der Waals surface area (Å²) in [5.74, 6) is -0.530. The van der Waals surface area contributed by atoms with Crippen molar-refractivity contribution >= 4 is 54.9 Å². The molecular formula is C9H12I2N2O4. The quantitative estimate of drug-likeness (QED) is 0.158. The second-order valence-electron chi connectivity index (χ2n) is 4.57. The molecule has 0 amide bonds. The summed E-state index contributed by atoms with van der Waals surface area (Å²) in [4.78, 5) is 23.2. The van der Waals surface area contributed by atoms with E-state index in [1.165, 1.54) is 0 Å². The first-order chi connectivity index (χ1) is 7.95. The van der Waals surface area contributed by atoms with Crippen molar-refractivity contribution in [2.24, 2.45) is 0 Å². The summed E-state index contributed by atoms with van der Waals surface area (Å²) in [6.45, 7) is 2.12. The number of alkyl halides is 2. The van der Waals surface area contributed by atoms with Gasteiger partial charge in [0.15, 0.2) is 0 Å². The molecule has 0 bridgehead atoms. The third kappa shape index (κ3) is 2.16. The van der Waals surface area contributed by atoms with Crippen LogP contribution >= 0.6 is 43.0 Å². The number of carbonyl (C=O) groups is 2. The van der Waals surface area contributed by atoms with Gasteiger partial charge in [-0.15, -0.1) is 0 Å². The molecule has 0 radical (unpaired) electrons. The van der Waals surface area contributed by atoms with Crippen LogP contribution in [0.2, 0.25) is 0 Å². The zero-order valence-electron chi connectivity index (χ0n) is 9.09. The van der Waals surface area contributed by atoms with Crippen molar-refractivity contribution in [1.29, 1.82) is 0 Å².